The molecular formula is C21H22INO3. The largest absolute Gasteiger partial charge is 0.486 e. The van der Waals surface area contributed by atoms with Crippen molar-refractivity contribution in [3.63, 3.8) is 0 Å². The molecule has 5 heteroatoms. The molecule has 1 aliphatic rings. The number of ether oxygens (including phenoxy) is 2. The fraction of sp³-hybridized carbons (Fsp3) is 0.286. The molecule has 0 spiro atoms. The number of halogens is 1. The Labute approximate surface area is 167 Å². The number of fused-ring (bicyclic) bond motifs is 1. The quantitative estimate of drug-likeness (QED) is 0.505. The molecule has 3 rings (SSSR count). The second kappa shape index (κ2) is 7.70. The van der Waals surface area contributed by atoms with E-state index in [4.69, 9.17) is 9.47 Å². The summed E-state index contributed by atoms with van der Waals surface area (Å²) < 4.78 is 11.9. The van der Waals surface area contributed by atoms with E-state index in [1.54, 1.807) is 12.1 Å². The molecule has 0 saturated carbocycles. The molecule has 136 valence electrons. The van der Waals surface area contributed by atoms with Gasteiger partial charge in [-0.3, -0.25) is 4.79 Å². The van der Waals surface area contributed by atoms with Crippen molar-refractivity contribution in [3.05, 3.63) is 59.7 Å². The lowest BCUT2D eigenvalue weighted by molar-refractivity contribution is -0.111. The molecule has 0 unspecified atom stereocenters. The number of carbonyl (C=O) groups excluding carboxylic acids is 1. The van der Waals surface area contributed by atoms with Gasteiger partial charge in [-0.05, 0) is 51.3 Å². The third-order valence-corrected chi connectivity index (χ3v) is 5.03. The molecule has 1 amide bonds. The van der Waals surface area contributed by atoms with Gasteiger partial charge in [0.25, 0.3) is 0 Å². The molecule has 1 N–H and O–H groups in total. The Hall–Kier alpha value is -2.02. The average molecular weight is 463 g/mol. The van der Waals surface area contributed by atoms with Crippen LogP contribution >= 0.6 is 22.6 Å². The second-order valence-corrected chi connectivity index (χ2v) is 8.33. The van der Waals surface area contributed by atoms with E-state index in [1.807, 2.05) is 12.1 Å². The van der Waals surface area contributed by atoms with Gasteiger partial charge in [-0.25, -0.2) is 0 Å². The minimum Gasteiger partial charge on any atom is -0.486 e. The zero-order valence-electron chi connectivity index (χ0n) is 15.1. The maximum atomic E-state index is 12.3. The van der Waals surface area contributed by atoms with Gasteiger partial charge in [-0.1, -0.05) is 45.0 Å². The maximum Gasteiger partial charge on any atom is 0.249 e. The van der Waals surface area contributed by atoms with Crippen LogP contribution < -0.4 is 14.8 Å². The smallest absolute Gasteiger partial charge is 0.249 e. The molecule has 0 bridgehead atoms. The highest BCUT2D eigenvalue weighted by Gasteiger charge is 2.14. The van der Waals surface area contributed by atoms with Crippen molar-refractivity contribution >= 4 is 37.8 Å². The van der Waals surface area contributed by atoms with Gasteiger partial charge in [-0.15, -0.1) is 0 Å². The number of hydrogen-bond donors (Lipinski definition) is 1. The molecule has 1 aliphatic heterocycles. The second-order valence-electron chi connectivity index (χ2n) is 7.17. The van der Waals surface area contributed by atoms with E-state index in [0.717, 1.165) is 9.14 Å². The van der Waals surface area contributed by atoms with Crippen molar-refractivity contribution in [1.29, 1.82) is 0 Å². The van der Waals surface area contributed by atoms with Gasteiger partial charge in [0.2, 0.25) is 5.91 Å². The number of carbonyl (C=O) groups is 1. The highest BCUT2D eigenvalue weighted by atomic mass is 127. The van der Waals surface area contributed by atoms with Crippen LogP contribution in [0.25, 0.3) is 3.58 Å². The summed E-state index contributed by atoms with van der Waals surface area (Å²) in [5.41, 5.74) is 3.09. The lowest BCUT2D eigenvalue weighted by atomic mass is 9.87. The summed E-state index contributed by atoms with van der Waals surface area (Å²) in [6.07, 6.45) is 1.60. The molecule has 1 heterocycles. The average Bonchev–Trinajstić information content (AvgIpc) is 2.61. The zero-order chi connectivity index (χ0) is 18.7. The van der Waals surface area contributed by atoms with Crippen LogP contribution in [-0.4, -0.2) is 19.1 Å². The van der Waals surface area contributed by atoms with E-state index in [-0.39, 0.29) is 11.3 Å². The van der Waals surface area contributed by atoms with E-state index in [0.29, 0.717) is 30.4 Å². The molecule has 4 nitrogen and oxygen atoms in total. The van der Waals surface area contributed by atoms with Gasteiger partial charge in [0.15, 0.2) is 11.5 Å². The summed E-state index contributed by atoms with van der Waals surface area (Å²) in [5.74, 6) is 1.19. The first kappa shape index (κ1) is 18.8. The van der Waals surface area contributed by atoms with Gasteiger partial charge in [-0.2, -0.15) is 0 Å². The molecule has 0 atom stereocenters. The number of amides is 1. The number of anilines is 1. The first-order chi connectivity index (χ1) is 12.3. The van der Waals surface area contributed by atoms with Crippen molar-refractivity contribution in [2.45, 2.75) is 26.2 Å². The van der Waals surface area contributed by atoms with E-state index in [1.165, 1.54) is 5.56 Å². The molecule has 0 aliphatic carbocycles. The fourth-order valence-electron chi connectivity index (χ4n) is 2.63. The van der Waals surface area contributed by atoms with Crippen molar-refractivity contribution < 1.29 is 14.3 Å². The predicted molar refractivity (Wildman–Crippen MR) is 113 cm³/mol. The Morgan fingerprint density at radius 3 is 2.35 bits per heavy atom. The van der Waals surface area contributed by atoms with Crippen molar-refractivity contribution in [2.75, 3.05) is 18.5 Å². The summed E-state index contributed by atoms with van der Waals surface area (Å²) >= 11 is 2.19. The summed E-state index contributed by atoms with van der Waals surface area (Å²) in [6, 6.07) is 13.7. The van der Waals surface area contributed by atoms with Crippen molar-refractivity contribution in [2.24, 2.45) is 0 Å². The lowest BCUT2D eigenvalue weighted by Gasteiger charge is -2.19. The third-order valence-electron chi connectivity index (χ3n) is 4.09. The minimum atomic E-state index is -0.175. The van der Waals surface area contributed by atoms with E-state index < -0.39 is 0 Å². The Bertz CT molecular complexity index is 835. The van der Waals surface area contributed by atoms with E-state index in [9.17, 15) is 4.79 Å². The van der Waals surface area contributed by atoms with E-state index >= 15 is 0 Å². The third kappa shape index (κ3) is 4.58. The van der Waals surface area contributed by atoms with Crippen LogP contribution in [0.2, 0.25) is 0 Å². The first-order valence-corrected chi connectivity index (χ1v) is 9.59. The fourth-order valence-corrected chi connectivity index (χ4v) is 3.27. The van der Waals surface area contributed by atoms with Gasteiger partial charge in [0.1, 0.15) is 13.2 Å². The van der Waals surface area contributed by atoms with Crippen LogP contribution in [0.15, 0.2) is 48.5 Å². The van der Waals surface area contributed by atoms with Gasteiger partial charge < -0.3 is 14.8 Å². The van der Waals surface area contributed by atoms with Gasteiger partial charge >= 0.3 is 0 Å². The summed E-state index contributed by atoms with van der Waals surface area (Å²) in [7, 11) is 0. The summed E-state index contributed by atoms with van der Waals surface area (Å²) in [5, 5.41) is 2.87. The highest BCUT2D eigenvalue weighted by Crippen LogP contribution is 2.33. The Balaban J connectivity index is 1.70. The Kier molecular flexibility index (Phi) is 5.55. The van der Waals surface area contributed by atoms with Crippen LogP contribution in [0.3, 0.4) is 0 Å². The zero-order valence-corrected chi connectivity index (χ0v) is 17.3. The Morgan fingerprint density at radius 2 is 1.69 bits per heavy atom. The predicted octanol–water partition coefficient (Wildman–Crippen LogP) is 5.17. The highest BCUT2D eigenvalue weighted by molar-refractivity contribution is 14.1. The molecule has 0 aromatic heterocycles. The number of benzene rings is 2. The van der Waals surface area contributed by atoms with Crippen LogP contribution in [-0.2, 0) is 10.2 Å². The number of rotatable bonds is 3. The number of nitrogens with one attached hydrogen (secondary N) is 1. The van der Waals surface area contributed by atoms with Crippen LogP contribution in [0, 0.1) is 0 Å². The van der Waals surface area contributed by atoms with Gasteiger partial charge in [0, 0.05) is 21.4 Å². The molecule has 0 radical (unpaired) electrons. The Morgan fingerprint density at radius 1 is 1.04 bits per heavy atom. The van der Waals surface area contributed by atoms with Crippen LogP contribution in [0.1, 0.15) is 31.9 Å². The molecule has 2 aromatic carbocycles. The SMILES string of the molecule is CC(C)(C)c1ccc(/C(I)=C/C(=O)Nc2ccc3c(c2)OCCO3)cc1. The standard InChI is InChI=1S/C21H22INO3/c1-21(2,3)15-6-4-14(5-7-15)17(22)13-20(24)23-16-8-9-18-19(12-16)26-11-10-25-18/h4-9,12-13H,10-11H2,1-3H3,(H,23,24)/b17-13-. The summed E-state index contributed by atoms with van der Waals surface area (Å²) in [6.45, 7) is 7.62. The molecule has 0 fully saturated rings. The van der Waals surface area contributed by atoms with Gasteiger partial charge in [0.05, 0.1) is 0 Å². The van der Waals surface area contributed by atoms with Crippen LogP contribution in [0.4, 0.5) is 5.69 Å². The lowest BCUT2D eigenvalue weighted by Crippen LogP contribution is -2.16. The summed E-state index contributed by atoms with van der Waals surface area (Å²) in [4.78, 5) is 12.3. The maximum absolute atomic E-state index is 12.3. The molecular weight excluding hydrogens is 441 g/mol. The monoisotopic (exact) mass is 463 g/mol. The topological polar surface area (TPSA) is 47.6 Å². The van der Waals surface area contributed by atoms with Crippen molar-refractivity contribution in [3.8, 4) is 11.5 Å². The minimum absolute atomic E-state index is 0.114. The normalized spacial score (nSPS) is 14.1. The number of hydrogen-bond acceptors (Lipinski definition) is 3. The molecule has 2 aromatic rings. The molecule has 0 saturated heterocycles. The molecule has 26 heavy (non-hydrogen) atoms. The first-order valence-electron chi connectivity index (χ1n) is 8.52. The van der Waals surface area contributed by atoms with Crippen molar-refractivity contribution in [1.82, 2.24) is 0 Å². The van der Waals surface area contributed by atoms with Crippen LogP contribution in [0.5, 0.6) is 11.5 Å². The van der Waals surface area contributed by atoms with E-state index in [2.05, 4.69) is 72.9 Å².